The molecule has 14 heteroatoms. The molecule has 12 unspecified atom stereocenters. The van der Waals surface area contributed by atoms with Crippen LogP contribution < -0.4 is 5.32 Å². The van der Waals surface area contributed by atoms with Gasteiger partial charge in [-0.05, 0) is 83.5 Å². The first-order valence-corrected chi connectivity index (χ1v) is 27.6. The molecule has 0 aliphatic carbocycles. The monoisotopic (exact) mass is 1030 g/mol. The number of nitrogens with one attached hydrogen (secondary N) is 1. The summed E-state index contributed by atoms with van der Waals surface area (Å²) in [5.41, 5.74) is 0. The van der Waals surface area contributed by atoms with Gasteiger partial charge in [-0.1, -0.05) is 181 Å². The van der Waals surface area contributed by atoms with Gasteiger partial charge < -0.3 is 65.1 Å². The van der Waals surface area contributed by atoms with Gasteiger partial charge in [-0.25, -0.2) is 0 Å². The third-order valence-corrected chi connectivity index (χ3v) is 12.7. The minimum absolute atomic E-state index is 0.243. The Morgan fingerprint density at radius 2 is 0.945 bits per heavy atom. The SMILES string of the molecule is CC/C=C\C/C=C\C/C=C\C/C=C\C/C=C\C/C=C\C/C=C\C/C=C\CCCCCCC(=O)NC(COC1OC(CO)C(OC2OC(CO)C(O)C(O)C2O)C(O)C1O)C(O)/C=C/CCCCCCCCCC. The first kappa shape index (κ1) is 65.8. The van der Waals surface area contributed by atoms with E-state index in [-0.39, 0.29) is 18.9 Å². The summed E-state index contributed by atoms with van der Waals surface area (Å²) in [6.45, 7) is 2.60. The van der Waals surface area contributed by atoms with Crippen molar-refractivity contribution in [3.8, 4) is 0 Å². The summed E-state index contributed by atoms with van der Waals surface area (Å²) in [6, 6.07) is -0.935. The van der Waals surface area contributed by atoms with Crippen LogP contribution in [-0.2, 0) is 23.7 Å². The zero-order chi connectivity index (χ0) is 53.2. The van der Waals surface area contributed by atoms with Gasteiger partial charge in [0.25, 0.3) is 0 Å². The number of hydrogen-bond donors (Lipinski definition) is 9. The van der Waals surface area contributed by atoms with Crippen molar-refractivity contribution in [3.63, 3.8) is 0 Å². The molecule has 2 fully saturated rings. The Labute approximate surface area is 438 Å². The minimum atomic E-state index is -1.80. The maximum atomic E-state index is 13.2. The van der Waals surface area contributed by atoms with Gasteiger partial charge in [0.2, 0.25) is 5.91 Å². The molecule has 0 spiro atoms. The quantitative estimate of drug-likeness (QED) is 0.0207. The van der Waals surface area contributed by atoms with Crippen molar-refractivity contribution in [2.45, 2.75) is 235 Å². The first-order valence-electron chi connectivity index (χ1n) is 27.6. The molecule has 12 atom stereocenters. The fourth-order valence-corrected chi connectivity index (χ4v) is 8.24. The highest BCUT2D eigenvalue weighted by atomic mass is 16.7. The Balaban J connectivity index is 1.74. The van der Waals surface area contributed by atoms with Gasteiger partial charge >= 0.3 is 0 Å². The van der Waals surface area contributed by atoms with E-state index in [9.17, 15) is 45.6 Å². The van der Waals surface area contributed by atoms with Gasteiger partial charge in [0.1, 0.15) is 48.8 Å². The predicted molar refractivity (Wildman–Crippen MR) is 290 cm³/mol. The maximum Gasteiger partial charge on any atom is 0.220 e. The van der Waals surface area contributed by atoms with E-state index in [1.54, 1.807) is 6.08 Å². The average molecular weight is 1030 g/mol. The maximum absolute atomic E-state index is 13.2. The molecule has 416 valence electrons. The zero-order valence-electron chi connectivity index (χ0n) is 44.3. The third-order valence-electron chi connectivity index (χ3n) is 12.7. The molecule has 2 rings (SSSR count). The molecule has 73 heavy (non-hydrogen) atoms. The summed E-state index contributed by atoms with van der Waals surface area (Å²) >= 11 is 0. The normalized spacial score (nSPS) is 26.3. The number of hydrogen-bond acceptors (Lipinski definition) is 13. The van der Waals surface area contributed by atoms with Crippen LogP contribution in [0.25, 0.3) is 0 Å². The highest BCUT2D eigenvalue weighted by Crippen LogP contribution is 2.30. The summed E-state index contributed by atoms with van der Waals surface area (Å²) in [4.78, 5) is 13.2. The molecule has 2 aliphatic heterocycles. The number of ether oxygens (including phenoxy) is 4. The molecule has 0 aromatic carbocycles. The van der Waals surface area contributed by atoms with Gasteiger partial charge in [0.05, 0.1) is 32.0 Å². The molecule has 0 bridgehead atoms. The second-order valence-electron chi connectivity index (χ2n) is 19.0. The Hall–Kier alpha value is -3.35. The second kappa shape index (κ2) is 43.8. The van der Waals surface area contributed by atoms with Crippen LogP contribution in [0.4, 0.5) is 0 Å². The summed E-state index contributed by atoms with van der Waals surface area (Å²) in [6.07, 6.45) is 44.2. The van der Waals surface area contributed by atoms with E-state index < -0.39 is 86.8 Å². The van der Waals surface area contributed by atoms with Crippen molar-refractivity contribution in [1.82, 2.24) is 5.32 Å². The van der Waals surface area contributed by atoms with E-state index >= 15 is 0 Å². The molecule has 2 heterocycles. The number of unbranched alkanes of at least 4 members (excludes halogenated alkanes) is 12. The smallest absolute Gasteiger partial charge is 0.220 e. The predicted octanol–water partition coefficient (Wildman–Crippen LogP) is 8.49. The molecule has 2 saturated heterocycles. The topological polar surface area (TPSA) is 228 Å². The van der Waals surface area contributed by atoms with E-state index in [1.165, 1.54) is 32.1 Å². The Bertz CT molecular complexity index is 1640. The fourth-order valence-electron chi connectivity index (χ4n) is 8.24. The fraction of sp³-hybridized carbons (Fsp3) is 0.678. The molecule has 0 radical (unpaired) electrons. The van der Waals surface area contributed by atoms with Crippen molar-refractivity contribution in [2.75, 3.05) is 19.8 Å². The molecule has 0 aromatic rings. The van der Waals surface area contributed by atoms with Crippen LogP contribution in [0, 0.1) is 0 Å². The largest absolute Gasteiger partial charge is 0.394 e. The molecule has 2 aliphatic rings. The van der Waals surface area contributed by atoms with Gasteiger partial charge in [0.15, 0.2) is 12.6 Å². The first-order chi connectivity index (χ1) is 35.6. The molecule has 14 nitrogen and oxygen atoms in total. The van der Waals surface area contributed by atoms with E-state index in [2.05, 4.69) is 116 Å². The molecular weight excluding hydrogens is 931 g/mol. The van der Waals surface area contributed by atoms with Gasteiger partial charge in [-0.3, -0.25) is 4.79 Å². The lowest BCUT2D eigenvalue weighted by molar-refractivity contribution is -0.359. The van der Waals surface area contributed by atoms with Crippen LogP contribution in [0.3, 0.4) is 0 Å². The zero-order valence-corrected chi connectivity index (χ0v) is 44.3. The van der Waals surface area contributed by atoms with Crippen LogP contribution >= 0.6 is 0 Å². The number of carbonyl (C=O) groups excluding carboxylic acids is 1. The standard InChI is InChI=1S/C59H97NO13/c1-3-5-7-9-11-13-15-16-17-18-19-20-21-22-23-24-25-26-27-28-29-30-31-32-33-35-37-39-41-43-51(64)60-47(48(63)42-40-38-36-34-14-12-10-8-6-4-2)46-70-58-56(69)54(67)57(50(45-62)72-58)73-59-55(68)53(66)52(65)49(44-61)71-59/h5,7,11,13,16-17,19-20,22-23,25-26,28-29,31-32,40,42,47-50,52-59,61-63,65-69H,3-4,6,8-10,12,14-15,18,21,24,27,30,33-39,41,43-46H2,1-2H3,(H,60,64)/b7-5-,13-11-,17-16-,20-19-,23-22-,26-25-,29-28-,32-31-,42-40+. The number of amides is 1. The van der Waals surface area contributed by atoms with Crippen molar-refractivity contribution < 1.29 is 64.6 Å². The van der Waals surface area contributed by atoms with Gasteiger partial charge in [-0.2, -0.15) is 0 Å². The van der Waals surface area contributed by atoms with Gasteiger partial charge in [-0.15, -0.1) is 0 Å². The van der Waals surface area contributed by atoms with E-state index in [1.807, 2.05) is 6.08 Å². The van der Waals surface area contributed by atoms with Crippen LogP contribution in [0.2, 0.25) is 0 Å². The molecule has 0 aromatic heterocycles. The Kier molecular flexibility index (Phi) is 39.5. The summed E-state index contributed by atoms with van der Waals surface area (Å²) in [5.74, 6) is -0.272. The van der Waals surface area contributed by atoms with Gasteiger partial charge in [0, 0.05) is 6.42 Å². The summed E-state index contributed by atoms with van der Waals surface area (Å²) in [7, 11) is 0. The lowest BCUT2D eigenvalue weighted by Crippen LogP contribution is -2.65. The van der Waals surface area contributed by atoms with Crippen molar-refractivity contribution in [1.29, 1.82) is 0 Å². The minimum Gasteiger partial charge on any atom is -0.394 e. The highest BCUT2D eigenvalue weighted by Gasteiger charge is 2.51. The number of aliphatic hydroxyl groups is 8. The lowest BCUT2D eigenvalue weighted by atomic mass is 9.97. The van der Waals surface area contributed by atoms with Crippen LogP contribution in [0.15, 0.2) is 109 Å². The third kappa shape index (κ3) is 30.1. The highest BCUT2D eigenvalue weighted by molar-refractivity contribution is 5.76. The summed E-state index contributed by atoms with van der Waals surface area (Å²) in [5, 5.41) is 86.7. The lowest BCUT2D eigenvalue weighted by Gasteiger charge is -2.46. The number of carbonyl (C=O) groups is 1. The van der Waals surface area contributed by atoms with E-state index in [0.717, 1.165) is 103 Å². The van der Waals surface area contributed by atoms with Crippen LogP contribution in [0.5, 0.6) is 0 Å². The van der Waals surface area contributed by atoms with Crippen LogP contribution in [0.1, 0.15) is 162 Å². The van der Waals surface area contributed by atoms with Crippen molar-refractivity contribution >= 4 is 5.91 Å². The summed E-state index contributed by atoms with van der Waals surface area (Å²) < 4.78 is 22.7. The Morgan fingerprint density at radius 1 is 0.507 bits per heavy atom. The van der Waals surface area contributed by atoms with Crippen molar-refractivity contribution in [3.05, 3.63) is 109 Å². The number of rotatable bonds is 41. The molecule has 0 saturated carbocycles. The molecule has 9 N–H and O–H groups in total. The number of allylic oxidation sites excluding steroid dienone is 17. The second-order valence-corrected chi connectivity index (χ2v) is 19.0. The Morgan fingerprint density at radius 3 is 1.45 bits per heavy atom. The van der Waals surface area contributed by atoms with E-state index in [4.69, 9.17) is 18.9 Å². The van der Waals surface area contributed by atoms with Crippen molar-refractivity contribution in [2.24, 2.45) is 0 Å². The molecular formula is C59H97NO13. The number of aliphatic hydroxyl groups excluding tert-OH is 8. The van der Waals surface area contributed by atoms with E-state index in [0.29, 0.717) is 6.42 Å². The molecule has 1 amide bonds. The van der Waals surface area contributed by atoms with Crippen LogP contribution in [-0.4, -0.2) is 140 Å². The average Bonchev–Trinajstić information content (AvgIpc) is 3.39.